The molecule has 0 aromatic carbocycles. The molecule has 4 nitrogen and oxygen atoms in total. The van der Waals surface area contributed by atoms with Gasteiger partial charge in [-0.15, -0.1) is 0 Å². The van der Waals surface area contributed by atoms with Crippen LogP contribution in [0.15, 0.2) is 33.9 Å². The average Bonchev–Trinajstić information content (AvgIpc) is 2.67. The predicted octanol–water partition coefficient (Wildman–Crippen LogP) is 1.90. The van der Waals surface area contributed by atoms with Gasteiger partial charge in [-0.05, 0) is 40.9 Å². The van der Waals surface area contributed by atoms with Gasteiger partial charge < -0.3 is 4.57 Å². The molecule has 17 heavy (non-hydrogen) atoms. The summed E-state index contributed by atoms with van der Waals surface area (Å²) in [5, 5.41) is 4.11. The van der Waals surface area contributed by atoms with Crippen LogP contribution < -0.4 is 5.56 Å². The highest BCUT2D eigenvalue weighted by molar-refractivity contribution is 9.10. The third-order valence-corrected chi connectivity index (χ3v) is 3.07. The quantitative estimate of drug-likeness (QED) is 0.868. The van der Waals surface area contributed by atoms with Gasteiger partial charge in [0.25, 0.3) is 5.56 Å². The summed E-state index contributed by atoms with van der Waals surface area (Å²) in [5.41, 5.74) is 1.96. The van der Waals surface area contributed by atoms with Gasteiger partial charge in [0.15, 0.2) is 0 Å². The summed E-state index contributed by atoms with van der Waals surface area (Å²) in [6, 6.07) is 1.84. The SMILES string of the molecule is Cc1cc(Br)cn(CCc2cnn(C)c2)c1=O. The van der Waals surface area contributed by atoms with Crippen LogP contribution >= 0.6 is 15.9 Å². The van der Waals surface area contributed by atoms with Crippen molar-refractivity contribution in [2.24, 2.45) is 7.05 Å². The largest absolute Gasteiger partial charge is 0.314 e. The minimum Gasteiger partial charge on any atom is -0.314 e. The molecule has 0 aliphatic rings. The lowest BCUT2D eigenvalue weighted by atomic mass is 10.2. The summed E-state index contributed by atoms with van der Waals surface area (Å²) < 4.78 is 4.43. The number of pyridine rings is 1. The van der Waals surface area contributed by atoms with Crippen molar-refractivity contribution in [2.75, 3.05) is 0 Å². The molecule has 0 fully saturated rings. The summed E-state index contributed by atoms with van der Waals surface area (Å²) >= 11 is 3.40. The lowest BCUT2D eigenvalue weighted by molar-refractivity contribution is 0.662. The Hall–Kier alpha value is -1.36. The Labute approximate surface area is 108 Å². The summed E-state index contributed by atoms with van der Waals surface area (Å²) in [6.45, 7) is 2.50. The van der Waals surface area contributed by atoms with E-state index in [1.807, 2.05) is 38.6 Å². The molecule has 0 aliphatic carbocycles. The van der Waals surface area contributed by atoms with E-state index < -0.39 is 0 Å². The van der Waals surface area contributed by atoms with Crippen LogP contribution in [-0.2, 0) is 20.0 Å². The van der Waals surface area contributed by atoms with Gasteiger partial charge in [-0.1, -0.05) is 0 Å². The van der Waals surface area contributed by atoms with E-state index in [1.54, 1.807) is 9.25 Å². The first-order valence-corrected chi connectivity index (χ1v) is 6.19. The Morgan fingerprint density at radius 3 is 2.82 bits per heavy atom. The molecule has 0 saturated carbocycles. The van der Waals surface area contributed by atoms with Crippen LogP contribution in [0.25, 0.3) is 0 Å². The van der Waals surface area contributed by atoms with E-state index in [1.165, 1.54) is 0 Å². The van der Waals surface area contributed by atoms with Gasteiger partial charge in [-0.2, -0.15) is 5.10 Å². The third kappa shape index (κ3) is 2.85. The van der Waals surface area contributed by atoms with Crippen LogP contribution in [0.3, 0.4) is 0 Å². The van der Waals surface area contributed by atoms with E-state index in [2.05, 4.69) is 21.0 Å². The molecule has 0 bridgehead atoms. The number of rotatable bonds is 3. The highest BCUT2D eigenvalue weighted by Crippen LogP contribution is 2.08. The van der Waals surface area contributed by atoms with Crippen LogP contribution in [-0.4, -0.2) is 14.3 Å². The number of aryl methyl sites for hydroxylation is 4. The lowest BCUT2D eigenvalue weighted by Crippen LogP contribution is -2.22. The summed E-state index contributed by atoms with van der Waals surface area (Å²) in [6.07, 6.45) is 6.43. The summed E-state index contributed by atoms with van der Waals surface area (Å²) in [5.74, 6) is 0. The molecule has 0 saturated heterocycles. The minimum atomic E-state index is 0.0668. The van der Waals surface area contributed by atoms with E-state index in [-0.39, 0.29) is 5.56 Å². The lowest BCUT2D eigenvalue weighted by Gasteiger charge is -2.06. The molecule has 5 heteroatoms. The second-order valence-corrected chi connectivity index (χ2v) is 5.03. The predicted molar refractivity (Wildman–Crippen MR) is 70.1 cm³/mol. The van der Waals surface area contributed by atoms with Crippen LogP contribution in [0.2, 0.25) is 0 Å². The maximum Gasteiger partial charge on any atom is 0.253 e. The summed E-state index contributed by atoms with van der Waals surface area (Å²) in [7, 11) is 1.89. The van der Waals surface area contributed by atoms with Crippen LogP contribution in [0.5, 0.6) is 0 Å². The van der Waals surface area contributed by atoms with Gasteiger partial charge in [0.05, 0.1) is 6.20 Å². The van der Waals surface area contributed by atoms with E-state index in [9.17, 15) is 4.79 Å². The smallest absolute Gasteiger partial charge is 0.253 e. The molecule has 0 unspecified atom stereocenters. The fourth-order valence-corrected chi connectivity index (χ4v) is 2.35. The molecule has 2 aromatic heterocycles. The van der Waals surface area contributed by atoms with Crippen molar-refractivity contribution in [3.63, 3.8) is 0 Å². The molecule has 0 spiro atoms. The van der Waals surface area contributed by atoms with Gasteiger partial charge in [-0.3, -0.25) is 9.48 Å². The highest BCUT2D eigenvalue weighted by atomic mass is 79.9. The van der Waals surface area contributed by atoms with E-state index in [0.29, 0.717) is 6.54 Å². The zero-order valence-electron chi connectivity index (χ0n) is 9.85. The number of halogens is 1. The Bertz CT molecular complexity index is 586. The van der Waals surface area contributed by atoms with E-state index in [0.717, 1.165) is 22.0 Å². The zero-order chi connectivity index (χ0) is 12.4. The average molecular weight is 296 g/mol. The fraction of sp³-hybridized carbons (Fsp3) is 0.333. The zero-order valence-corrected chi connectivity index (χ0v) is 11.4. The second-order valence-electron chi connectivity index (χ2n) is 4.11. The maximum absolute atomic E-state index is 11.9. The van der Waals surface area contributed by atoms with Crippen molar-refractivity contribution in [1.29, 1.82) is 0 Å². The first kappa shape index (κ1) is 12.1. The molecule has 2 rings (SSSR count). The van der Waals surface area contributed by atoms with Crippen molar-refractivity contribution in [3.8, 4) is 0 Å². The van der Waals surface area contributed by atoms with E-state index in [4.69, 9.17) is 0 Å². The van der Waals surface area contributed by atoms with E-state index >= 15 is 0 Å². The van der Waals surface area contributed by atoms with Crippen LogP contribution in [0, 0.1) is 6.92 Å². The molecule has 0 aliphatic heterocycles. The van der Waals surface area contributed by atoms with Gasteiger partial charge in [0.2, 0.25) is 0 Å². The minimum absolute atomic E-state index is 0.0668. The Morgan fingerprint density at radius 1 is 1.41 bits per heavy atom. The number of hydrogen-bond donors (Lipinski definition) is 0. The van der Waals surface area contributed by atoms with Gasteiger partial charge in [0, 0.05) is 36.0 Å². The van der Waals surface area contributed by atoms with Gasteiger partial charge in [0.1, 0.15) is 0 Å². The topological polar surface area (TPSA) is 39.8 Å². The molecule has 0 atom stereocenters. The van der Waals surface area contributed by atoms with Crippen molar-refractivity contribution in [2.45, 2.75) is 19.9 Å². The molecule has 0 radical (unpaired) electrons. The Morgan fingerprint density at radius 2 is 2.18 bits per heavy atom. The van der Waals surface area contributed by atoms with Crippen molar-refractivity contribution < 1.29 is 0 Å². The highest BCUT2D eigenvalue weighted by Gasteiger charge is 2.03. The van der Waals surface area contributed by atoms with Crippen LogP contribution in [0.1, 0.15) is 11.1 Å². The summed E-state index contributed by atoms with van der Waals surface area (Å²) in [4.78, 5) is 11.9. The molecular weight excluding hydrogens is 282 g/mol. The Kier molecular flexibility index (Phi) is 3.47. The van der Waals surface area contributed by atoms with Crippen molar-refractivity contribution in [3.05, 3.63) is 50.6 Å². The first-order valence-electron chi connectivity index (χ1n) is 5.40. The molecule has 90 valence electrons. The maximum atomic E-state index is 11.9. The number of hydrogen-bond acceptors (Lipinski definition) is 2. The first-order chi connectivity index (χ1) is 8.06. The standard InChI is InChI=1S/C12H14BrN3O/c1-9-5-11(13)8-16(12(9)17)4-3-10-6-14-15(2)7-10/h5-8H,3-4H2,1-2H3. The third-order valence-electron chi connectivity index (χ3n) is 2.63. The number of nitrogens with zero attached hydrogens (tertiary/aromatic N) is 3. The second kappa shape index (κ2) is 4.87. The fourth-order valence-electron chi connectivity index (χ4n) is 1.76. The van der Waals surface area contributed by atoms with Gasteiger partial charge >= 0.3 is 0 Å². The molecular formula is C12H14BrN3O. The van der Waals surface area contributed by atoms with Crippen molar-refractivity contribution in [1.82, 2.24) is 14.3 Å². The van der Waals surface area contributed by atoms with Crippen LogP contribution in [0.4, 0.5) is 0 Å². The number of aromatic nitrogens is 3. The monoisotopic (exact) mass is 295 g/mol. The normalized spacial score (nSPS) is 10.8. The molecule has 2 heterocycles. The van der Waals surface area contributed by atoms with Gasteiger partial charge in [-0.25, -0.2) is 0 Å². The molecule has 0 amide bonds. The molecule has 2 aromatic rings. The van der Waals surface area contributed by atoms with Crippen molar-refractivity contribution >= 4 is 15.9 Å². The molecule has 0 N–H and O–H groups in total. The Balaban J connectivity index is 2.17.